The normalized spacial score (nSPS) is 10.4. The number of hydrogen-bond acceptors (Lipinski definition) is 4. The third kappa shape index (κ3) is 3.57. The van der Waals surface area contributed by atoms with E-state index in [1.807, 2.05) is 16.9 Å². The number of nitrogens with zero attached hydrogens (tertiary/aromatic N) is 4. The molecular formula is C13H16BrN5O. The molecular weight excluding hydrogens is 322 g/mol. The summed E-state index contributed by atoms with van der Waals surface area (Å²) in [5, 5.41) is 11.4. The van der Waals surface area contributed by atoms with Crippen molar-refractivity contribution in [3.8, 4) is 0 Å². The smallest absolute Gasteiger partial charge is 0.283 e. The third-order valence-electron chi connectivity index (χ3n) is 2.73. The average molecular weight is 338 g/mol. The average Bonchev–Trinajstić information content (AvgIpc) is 2.95. The first kappa shape index (κ1) is 14.5. The summed E-state index contributed by atoms with van der Waals surface area (Å²) in [4.78, 5) is 12.0. The van der Waals surface area contributed by atoms with Crippen molar-refractivity contribution in [2.45, 2.75) is 19.5 Å². The number of rotatable bonds is 7. The van der Waals surface area contributed by atoms with Crippen molar-refractivity contribution in [1.82, 2.24) is 19.6 Å². The zero-order valence-corrected chi connectivity index (χ0v) is 12.6. The van der Waals surface area contributed by atoms with Crippen molar-refractivity contribution in [2.75, 3.05) is 11.9 Å². The quantitative estimate of drug-likeness (QED) is 0.619. The monoisotopic (exact) mass is 337 g/mol. The van der Waals surface area contributed by atoms with Gasteiger partial charge in [-0.25, -0.2) is 4.68 Å². The lowest BCUT2D eigenvalue weighted by Crippen LogP contribution is -2.24. The number of aromatic nitrogens is 4. The van der Waals surface area contributed by atoms with Crippen LogP contribution in [0, 0.1) is 0 Å². The first-order valence-corrected chi connectivity index (χ1v) is 7.09. The number of hydrogen-bond donors (Lipinski definition) is 1. The molecule has 0 fully saturated rings. The van der Waals surface area contributed by atoms with Crippen LogP contribution >= 0.6 is 15.9 Å². The molecule has 1 N–H and O–H groups in total. The lowest BCUT2D eigenvalue weighted by molar-refractivity contribution is 0.591. The molecule has 0 aromatic carbocycles. The molecule has 0 aliphatic rings. The molecule has 0 bridgehead atoms. The predicted octanol–water partition coefficient (Wildman–Crippen LogP) is 1.89. The molecule has 20 heavy (non-hydrogen) atoms. The second kappa shape index (κ2) is 7.04. The van der Waals surface area contributed by atoms with Crippen LogP contribution < -0.4 is 10.9 Å². The molecule has 106 valence electrons. The van der Waals surface area contributed by atoms with Crippen molar-refractivity contribution in [2.24, 2.45) is 0 Å². The van der Waals surface area contributed by atoms with E-state index in [1.165, 1.54) is 4.68 Å². The highest BCUT2D eigenvalue weighted by molar-refractivity contribution is 9.10. The number of halogens is 1. The number of nitrogens with one attached hydrogen (secondary N) is 1. The van der Waals surface area contributed by atoms with Gasteiger partial charge in [0, 0.05) is 25.5 Å². The molecule has 0 radical (unpaired) electrons. The molecule has 0 atom stereocenters. The molecule has 0 aliphatic carbocycles. The Morgan fingerprint density at radius 3 is 3.00 bits per heavy atom. The standard InChI is InChI=1S/C13H16BrN5O/c1-2-7-19-13(20)12(14)11(10-17-19)15-5-3-8-18-9-4-6-16-18/h2,4,6,9-10,15H,1,3,5,7-8H2. The highest BCUT2D eigenvalue weighted by Crippen LogP contribution is 2.15. The Bertz CT molecular complexity index is 620. The van der Waals surface area contributed by atoms with Crippen molar-refractivity contribution < 1.29 is 0 Å². The molecule has 2 rings (SSSR count). The molecule has 2 aromatic rings. The molecule has 7 heteroatoms. The Morgan fingerprint density at radius 1 is 1.45 bits per heavy atom. The van der Waals surface area contributed by atoms with Crippen LogP contribution in [0.1, 0.15) is 6.42 Å². The van der Waals surface area contributed by atoms with Crippen LogP contribution in [0.4, 0.5) is 5.69 Å². The molecule has 6 nitrogen and oxygen atoms in total. The van der Waals surface area contributed by atoms with E-state index in [-0.39, 0.29) is 5.56 Å². The summed E-state index contributed by atoms with van der Waals surface area (Å²) in [6.07, 6.45) is 7.87. The van der Waals surface area contributed by atoms with Crippen molar-refractivity contribution >= 4 is 21.6 Å². The van der Waals surface area contributed by atoms with Crippen LogP contribution in [0.25, 0.3) is 0 Å². The third-order valence-corrected chi connectivity index (χ3v) is 3.49. The second-order valence-corrected chi connectivity index (χ2v) is 4.99. The van der Waals surface area contributed by atoms with E-state index in [0.29, 0.717) is 16.7 Å². The minimum absolute atomic E-state index is 0.165. The fraction of sp³-hybridized carbons (Fsp3) is 0.308. The summed E-state index contributed by atoms with van der Waals surface area (Å²) in [5.74, 6) is 0. The van der Waals surface area contributed by atoms with E-state index in [2.05, 4.69) is 38.0 Å². The topological polar surface area (TPSA) is 64.7 Å². The highest BCUT2D eigenvalue weighted by atomic mass is 79.9. The summed E-state index contributed by atoms with van der Waals surface area (Å²) >= 11 is 3.30. The van der Waals surface area contributed by atoms with Crippen molar-refractivity contribution in [1.29, 1.82) is 0 Å². The van der Waals surface area contributed by atoms with E-state index < -0.39 is 0 Å². The summed E-state index contributed by atoms with van der Waals surface area (Å²) in [6, 6.07) is 1.90. The van der Waals surface area contributed by atoms with Crippen LogP contribution in [0.5, 0.6) is 0 Å². The summed E-state index contributed by atoms with van der Waals surface area (Å²) in [6.45, 7) is 5.57. The lowest BCUT2D eigenvalue weighted by Gasteiger charge is -2.09. The number of anilines is 1. The predicted molar refractivity (Wildman–Crippen MR) is 81.7 cm³/mol. The van der Waals surface area contributed by atoms with Gasteiger partial charge in [0.2, 0.25) is 0 Å². The molecule has 0 amide bonds. The minimum Gasteiger partial charge on any atom is -0.383 e. The summed E-state index contributed by atoms with van der Waals surface area (Å²) in [5.41, 5.74) is 0.540. The van der Waals surface area contributed by atoms with Gasteiger partial charge in [0.1, 0.15) is 4.47 Å². The van der Waals surface area contributed by atoms with Gasteiger partial charge >= 0.3 is 0 Å². The second-order valence-electron chi connectivity index (χ2n) is 4.20. The van der Waals surface area contributed by atoms with Gasteiger partial charge in [-0.1, -0.05) is 6.08 Å². The molecule has 0 aliphatic heterocycles. The Hall–Kier alpha value is -1.89. The van der Waals surface area contributed by atoms with Crippen LogP contribution in [0.3, 0.4) is 0 Å². The molecule has 0 saturated carbocycles. The summed E-state index contributed by atoms with van der Waals surface area (Å²) in [7, 11) is 0. The van der Waals surface area contributed by atoms with Gasteiger partial charge in [0.15, 0.2) is 0 Å². The van der Waals surface area contributed by atoms with Crippen molar-refractivity contribution in [3.05, 3.63) is 52.1 Å². The summed E-state index contributed by atoms with van der Waals surface area (Å²) < 4.78 is 3.72. The molecule has 0 unspecified atom stereocenters. The van der Waals surface area contributed by atoms with Crippen LogP contribution in [0.15, 0.2) is 46.6 Å². The Balaban J connectivity index is 1.91. The molecule has 2 heterocycles. The van der Waals surface area contributed by atoms with E-state index in [1.54, 1.807) is 18.5 Å². The van der Waals surface area contributed by atoms with Crippen molar-refractivity contribution in [3.63, 3.8) is 0 Å². The number of aryl methyl sites for hydroxylation is 1. The van der Waals surface area contributed by atoms with Gasteiger partial charge in [-0.2, -0.15) is 10.2 Å². The molecule has 0 spiro atoms. The zero-order valence-electron chi connectivity index (χ0n) is 11.0. The van der Waals surface area contributed by atoms with Crippen LogP contribution in [0.2, 0.25) is 0 Å². The fourth-order valence-electron chi connectivity index (χ4n) is 1.74. The molecule has 2 aromatic heterocycles. The van der Waals surface area contributed by atoms with Gasteiger partial charge in [-0.3, -0.25) is 9.48 Å². The molecule has 0 saturated heterocycles. The fourth-order valence-corrected chi connectivity index (χ4v) is 2.18. The first-order valence-electron chi connectivity index (χ1n) is 6.30. The van der Waals surface area contributed by atoms with Gasteiger partial charge in [0.05, 0.1) is 18.4 Å². The largest absolute Gasteiger partial charge is 0.383 e. The SMILES string of the molecule is C=CCn1ncc(NCCCn2cccn2)c(Br)c1=O. The van der Waals surface area contributed by atoms with Gasteiger partial charge in [-0.15, -0.1) is 6.58 Å². The number of allylic oxidation sites excluding steroid dienone is 1. The van der Waals surface area contributed by atoms with Crippen LogP contribution in [-0.2, 0) is 13.1 Å². The highest BCUT2D eigenvalue weighted by Gasteiger charge is 2.07. The Morgan fingerprint density at radius 2 is 2.30 bits per heavy atom. The lowest BCUT2D eigenvalue weighted by atomic mass is 10.4. The van der Waals surface area contributed by atoms with E-state index in [4.69, 9.17) is 0 Å². The first-order chi connectivity index (χ1) is 9.72. The maximum absolute atomic E-state index is 12.0. The van der Waals surface area contributed by atoms with E-state index >= 15 is 0 Å². The van der Waals surface area contributed by atoms with Gasteiger partial charge < -0.3 is 5.32 Å². The van der Waals surface area contributed by atoms with Crippen LogP contribution in [-0.4, -0.2) is 26.1 Å². The van der Waals surface area contributed by atoms with E-state index in [9.17, 15) is 4.79 Å². The Kier molecular flexibility index (Phi) is 5.11. The zero-order chi connectivity index (χ0) is 14.4. The maximum atomic E-state index is 12.0. The maximum Gasteiger partial charge on any atom is 0.283 e. The minimum atomic E-state index is -0.165. The van der Waals surface area contributed by atoms with Gasteiger partial charge in [-0.05, 0) is 28.4 Å². The van der Waals surface area contributed by atoms with Gasteiger partial charge in [0.25, 0.3) is 5.56 Å². The van der Waals surface area contributed by atoms with E-state index in [0.717, 1.165) is 19.5 Å². The Labute approximate surface area is 125 Å².